The van der Waals surface area contributed by atoms with Gasteiger partial charge in [-0.2, -0.15) is 0 Å². The second kappa shape index (κ2) is 10.4. The average molecular weight is 461 g/mol. The number of aliphatic carboxylic acids is 1. The summed E-state index contributed by atoms with van der Waals surface area (Å²) in [6.45, 7) is 10.2. The molecule has 1 amide bonds. The largest absolute Gasteiger partial charge is 0.496 e. The highest BCUT2D eigenvalue weighted by molar-refractivity contribution is 5.99. The topological polar surface area (TPSA) is 125 Å². The first-order chi connectivity index (χ1) is 15.4. The maximum Gasteiger partial charge on any atom is 0.329 e. The molecule has 9 heteroatoms. The molecule has 0 aromatic heterocycles. The highest BCUT2D eigenvalue weighted by Gasteiger charge is 2.58. The maximum absolute atomic E-state index is 13.9. The number of methoxy groups -OCH3 is 2. The second-order valence-electron chi connectivity index (χ2n) is 10.2. The van der Waals surface area contributed by atoms with Crippen molar-refractivity contribution in [3.63, 3.8) is 0 Å². The summed E-state index contributed by atoms with van der Waals surface area (Å²) in [6, 6.07) is 4.62. The van der Waals surface area contributed by atoms with E-state index in [1.165, 1.54) is 12.0 Å². The average Bonchev–Trinajstić information content (AvgIpc) is 3.04. The highest BCUT2D eigenvalue weighted by atomic mass is 16.5. The molecule has 1 fully saturated rings. The standard InChI is InChI=1S/C24H36N4O5/c1-15(2)11-24(22(30)31)12-17(14-32-6)19(13-26-27-25)28(24)21(29)16-8-9-18(23(3,4)5)20(10-16)33-7/h8-10,15,17,19H,11-14H2,1-7H3,(H,30,31)/t17-,19+,24+/m1/s1. The molecule has 2 rings (SSSR count). The summed E-state index contributed by atoms with van der Waals surface area (Å²) in [5.74, 6) is -1.18. The summed E-state index contributed by atoms with van der Waals surface area (Å²) in [4.78, 5) is 30.9. The number of carboxylic acids is 1. The Balaban J connectivity index is 2.67. The van der Waals surface area contributed by atoms with Crippen molar-refractivity contribution in [2.24, 2.45) is 17.0 Å². The van der Waals surface area contributed by atoms with Crippen molar-refractivity contribution in [1.29, 1.82) is 0 Å². The smallest absolute Gasteiger partial charge is 0.329 e. The molecule has 1 aromatic carbocycles. The first kappa shape index (κ1) is 26.5. The molecular weight excluding hydrogens is 424 g/mol. The minimum Gasteiger partial charge on any atom is -0.496 e. The Kier molecular flexibility index (Phi) is 8.38. The molecule has 1 saturated heterocycles. The van der Waals surface area contributed by atoms with E-state index in [1.54, 1.807) is 19.2 Å². The molecule has 0 spiro atoms. The summed E-state index contributed by atoms with van der Waals surface area (Å²) < 4.78 is 10.9. The number of benzene rings is 1. The Labute approximate surface area is 195 Å². The predicted molar refractivity (Wildman–Crippen MR) is 125 cm³/mol. The Bertz CT molecular complexity index is 920. The van der Waals surface area contributed by atoms with Crippen LogP contribution >= 0.6 is 0 Å². The lowest BCUT2D eigenvalue weighted by molar-refractivity contribution is -0.150. The predicted octanol–water partition coefficient (Wildman–Crippen LogP) is 4.65. The van der Waals surface area contributed by atoms with Crippen LogP contribution in [0.5, 0.6) is 5.75 Å². The van der Waals surface area contributed by atoms with Gasteiger partial charge in [-0.1, -0.05) is 45.8 Å². The minimum atomic E-state index is -1.43. The third-order valence-electron chi connectivity index (χ3n) is 6.27. The molecule has 0 aliphatic carbocycles. The number of likely N-dealkylation sites (tertiary alicyclic amines) is 1. The van der Waals surface area contributed by atoms with Gasteiger partial charge in [0.1, 0.15) is 11.3 Å². The fraction of sp³-hybridized carbons (Fsp3) is 0.667. The summed E-state index contributed by atoms with van der Waals surface area (Å²) >= 11 is 0. The van der Waals surface area contributed by atoms with Crippen LogP contribution in [0.15, 0.2) is 23.3 Å². The zero-order valence-electron chi connectivity index (χ0n) is 20.7. The molecule has 9 nitrogen and oxygen atoms in total. The summed E-state index contributed by atoms with van der Waals surface area (Å²) in [6.07, 6.45) is 0.501. The molecule has 1 aromatic rings. The van der Waals surface area contributed by atoms with Gasteiger partial charge in [-0.05, 0) is 47.4 Å². The number of ether oxygens (including phenoxy) is 2. The van der Waals surface area contributed by atoms with E-state index in [9.17, 15) is 14.7 Å². The van der Waals surface area contributed by atoms with Crippen molar-refractivity contribution in [2.45, 2.75) is 64.5 Å². The third kappa shape index (κ3) is 5.42. The molecule has 3 atom stereocenters. The lowest BCUT2D eigenvalue weighted by Gasteiger charge is -2.39. The van der Waals surface area contributed by atoms with E-state index in [0.717, 1.165) is 5.56 Å². The van der Waals surface area contributed by atoms with Crippen LogP contribution in [0.2, 0.25) is 0 Å². The quantitative estimate of drug-likeness (QED) is 0.326. The number of azide groups is 1. The second-order valence-corrected chi connectivity index (χ2v) is 10.2. The molecule has 1 aliphatic heterocycles. The first-order valence-electron chi connectivity index (χ1n) is 11.2. The number of nitrogens with zero attached hydrogens (tertiary/aromatic N) is 4. The van der Waals surface area contributed by atoms with Crippen molar-refractivity contribution in [1.82, 2.24) is 4.90 Å². The van der Waals surface area contributed by atoms with Crippen LogP contribution in [0.25, 0.3) is 10.4 Å². The van der Waals surface area contributed by atoms with Crippen LogP contribution in [-0.2, 0) is 14.9 Å². The number of carbonyl (C=O) groups is 2. The van der Waals surface area contributed by atoms with Gasteiger partial charge in [0.15, 0.2) is 0 Å². The summed E-state index contributed by atoms with van der Waals surface area (Å²) in [5.41, 5.74) is 8.58. The van der Waals surface area contributed by atoms with Crippen LogP contribution in [0.1, 0.15) is 63.4 Å². The van der Waals surface area contributed by atoms with Crippen molar-refractivity contribution >= 4 is 11.9 Å². The van der Waals surface area contributed by atoms with Gasteiger partial charge in [-0.25, -0.2) is 4.79 Å². The lowest BCUT2D eigenvalue weighted by Crippen LogP contribution is -2.57. The van der Waals surface area contributed by atoms with Gasteiger partial charge in [0.2, 0.25) is 0 Å². The van der Waals surface area contributed by atoms with E-state index in [0.29, 0.717) is 11.3 Å². The number of carbonyl (C=O) groups excluding carboxylic acids is 1. The summed E-state index contributed by atoms with van der Waals surface area (Å²) in [7, 11) is 3.09. The van der Waals surface area contributed by atoms with E-state index < -0.39 is 23.5 Å². The fourth-order valence-corrected chi connectivity index (χ4v) is 4.99. The van der Waals surface area contributed by atoms with E-state index in [4.69, 9.17) is 15.0 Å². The van der Waals surface area contributed by atoms with Crippen molar-refractivity contribution in [3.8, 4) is 5.75 Å². The van der Waals surface area contributed by atoms with Crippen LogP contribution in [0.3, 0.4) is 0 Å². The van der Waals surface area contributed by atoms with Crippen LogP contribution in [0.4, 0.5) is 0 Å². The van der Waals surface area contributed by atoms with Gasteiger partial charge >= 0.3 is 5.97 Å². The number of carboxylic acid groups (broad SMARTS) is 1. The Morgan fingerprint density at radius 1 is 1.33 bits per heavy atom. The molecule has 33 heavy (non-hydrogen) atoms. The number of rotatable bonds is 9. The maximum atomic E-state index is 13.9. The monoisotopic (exact) mass is 460 g/mol. The van der Waals surface area contributed by atoms with Crippen molar-refractivity contribution < 1.29 is 24.2 Å². The zero-order valence-corrected chi connectivity index (χ0v) is 20.7. The zero-order chi connectivity index (χ0) is 25.0. The molecule has 182 valence electrons. The molecule has 1 heterocycles. The number of amides is 1. The van der Waals surface area contributed by atoms with E-state index >= 15 is 0 Å². The molecule has 0 radical (unpaired) electrons. The van der Waals surface area contributed by atoms with E-state index in [2.05, 4.69) is 30.8 Å². The lowest BCUT2D eigenvalue weighted by atomic mass is 9.83. The molecule has 1 aliphatic rings. The van der Waals surface area contributed by atoms with Crippen LogP contribution < -0.4 is 4.74 Å². The van der Waals surface area contributed by atoms with Gasteiger partial charge in [-0.3, -0.25) is 4.79 Å². The molecular formula is C24H36N4O5. The molecule has 0 unspecified atom stereocenters. The Hall–Kier alpha value is -2.77. The van der Waals surface area contributed by atoms with E-state index in [1.807, 2.05) is 19.9 Å². The molecule has 0 bridgehead atoms. The Morgan fingerprint density at radius 3 is 2.48 bits per heavy atom. The molecule has 0 saturated carbocycles. The SMILES string of the molecule is COC[C@H]1C[C@@](CC(C)C)(C(=O)O)N(C(=O)c2ccc(C(C)(C)C)c(OC)c2)[C@H]1CN=[N+]=[N-]. The van der Waals surface area contributed by atoms with Crippen LogP contribution in [-0.4, -0.2) is 60.8 Å². The highest BCUT2D eigenvalue weighted by Crippen LogP contribution is 2.44. The minimum absolute atomic E-state index is 0.0237. The number of hydrogen-bond acceptors (Lipinski definition) is 5. The normalized spacial score (nSPS) is 22.8. The van der Waals surface area contributed by atoms with Gasteiger partial charge in [0.25, 0.3) is 5.91 Å². The Morgan fingerprint density at radius 2 is 2.00 bits per heavy atom. The summed E-state index contributed by atoms with van der Waals surface area (Å²) in [5, 5.41) is 14.1. The fourth-order valence-electron chi connectivity index (χ4n) is 4.99. The van der Waals surface area contributed by atoms with Gasteiger partial charge in [-0.15, -0.1) is 0 Å². The van der Waals surface area contributed by atoms with Gasteiger partial charge in [0.05, 0.1) is 13.7 Å². The first-order valence-corrected chi connectivity index (χ1v) is 11.2. The van der Waals surface area contributed by atoms with E-state index in [-0.39, 0.29) is 43.2 Å². The van der Waals surface area contributed by atoms with Crippen LogP contribution in [0, 0.1) is 11.8 Å². The van der Waals surface area contributed by atoms with Crippen molar-refractivity contribution in [2.75, 3.05) is 27.4 Å². The van der Waals surface area contributed by atoms with Gasteiger partial charge < -0.3 is 19.5 Å². The third-order valence-corrected chi connectivity index (χ3v) is 6.27. The molecule has 1 N–H and O–H groups in total. The van der Waals surface area contributed by atoms with Crippen molar-refractivity contribution in [3.05, 3.63) is 39.8 Å². The number of hydrogen-bond donors (Lipinski definition) is 1. The van der Waals surface area contributed by atoms with Gasteiger partial charge in [0, 0.05) is 36.1 Å².